The Kier molecular flexibility index (Phi) is 3.81. The van der Waals surface area contributed by atoms with E-state index in [1.807, 2.05) is 12.1 Å². The third kappa shape index (κ3) is 2.60. The summed E-state index contributed by atoms with van der Waals surface area (Å²) in [5.74, 6) is 0.438. The zero-order valence-electron chi connectivity index (χ0n) is 11.8. The number of anilines is 1. The second-order valence-corrected chi connectivity index (χ2v) is 5.71. The van der Waals surface area contributed by atoms with Crippen LogP contribution in [-0.2, 0) is 10.6 Å². The Bertz CT molecular complexity index is 606. The number of halogens is 1. The van der Waals surface area contributed by atoms with Gasteiger partial charge in [0.05, 0.1) is 29.3 Å². The molecule has 1 aliphatic heterocycles. The molecule has 0 spiro atoms. The fraction of sp³-hybridized carbons (Fsp3) is 0.438. The molecule has 1 aliphatic rings. The standard InChI is InChI=1S/C16H19ClN2O/c1-11-9-19(10-12(2)20-11)16-7-13(8-17)18-15-6-4-3-5-14(15)16/h3-7,11-12H,8-10H2,1-2H3/t11-,12+. The van der Waals surface area contributed by atoms with Gasteiger partial charge in [0.15, 0.2) is 0 Å². The van der Waals surface area contributed by atoms with Crippen molar-refractivity contribution in [3.05, 3.63) is 36.0 Å². The monoisotopic (exact) mass is 290 g/mol. The summed E-state index contributed by atoms with van der Waals surface area (Å²) in [5, 5.41) is 1.18. The van der Waals surface area contributed by atoms with Crippen LogP contribution in [0.5, 0.6) is 0 Å². The summed E-state index contributed by atoms with van der Waals surface area (Å²) in [4.78, 5) is 6.99. The lowest BCUT2D eigenvalue weighted by atomic mass is 10.1. The van der Waals surface area contributed by atoms with Crippen molar-refractivity contribution in [1.29, 1.82) is 0 Å². The first-order chi connectivity index (χ1) is 9.67. The van der Waals surface area contributed by atoms with Crippen LogP contribution in [0.3, 0.4) is 0 Å². The number of rotatable bonds is 2. The van der Waals surface area contributed by atoms with E-state index in [9.17, 15) is 0 Å². The molecule has 3 nitrogen and oxygen atoms in total. The molecule has 1 aromatic heterocycles. The van der Waals surface area contributed by atoms with Crippen LogP contribution in [0.2, 0.25) is 0 Å². The average molecular weight is 291 g/mol. The molecule has 2 aromatic rings. The zero-order valence-corrected chi connectivity index (χ0v) is 12.6. The van der Waals surface area contributed by atoms with Crippen LogP contribution in [0.4, 0.5) is 5.69 Å². The van der Waals surface area contributed by atoms with Crippen molar-refractivity contribution in [2.45, 2.75) is 31.9 Å². The third-order valence-corrected chi connectivity index (χ3v) is 3.92. The quantitative estimate of drug-likeness (QED) is 0.791. The van der Waals surface area contributed by atoms with Gasteiger partial charge in [-0.05, 0) is 26.0 Å². The van der Waals surface area contributed by atoms with E-state index < -0.39 is 0 Å². The van der Waals surface area contributed by atoms with Crippen molar-refractivity contribution < 1.29 is 4.74 Å². The second-order valence-electron chi connectivity index (χ2n) is 5.45. The van der Waals surface area contributed by atoms with Gasteiger partial charge in [-0.1, -0.05) is 18.2 Å². The molecule has 0 aliphatic carbocycles. The fourth-order valence-corrected chi connectivity index (χ4v) is 3.05. The molecule has 2 heterocycles. The Labute approximate surface area is 124 Å². The maximum Gasteiger partial charge on any atom is 0.0726 e. The molecule has 1 saturated heterocycles. The van der Waals surface area contributed by atoms with Gasteiger partial charge in [0.1, 0.15) is 0 Å². The lowest BCUT2D eigenvalue weighted by Gasteiger charge is -2.37. The first kappa shape index (κ1) is 13.7. The van der Waals surface area contributed by atoms with Gasteiger partial charge in [-0.25, -0.2) is 0 Å². The van der Waals surface area contributed by atoms with Crippen LogP contribution in [0.25, 0.3) is 10.9 Å². The summed E-state index contributed by atoms with van der Waals surface area (Å²) in [6, 6.07) is 10.4. The predicted molar refractivity (Wildman–Crippen MR) is 83.5 cm³/mol. The normalized spacial score (nSPS) is 23.2. The highest BCUT2D eigenvalue weighted by Gasteiger charge is 2.24. The summed E-state index contributed by atoms with van der Waals surface area (Å²) in [5.41, 5.74) is 3.15. The minimum Gasteiger partial charge on any atom is -0.372 e. The maximum absolute atomic E-state index is 5.99. The summed E-state index contributed by atoms with van der Waals surface area (Å²) in [6.07, 6.45) is 0.482. The number of hydrogen-bond acceptors (Lipinski definition) is 3. The Balaban J connectivity index is 2.09. The molecule has 0 unspecified atom stereocenters. The third-order valence-electron chi connectivity index (χ3n) is 3.64. The van der Waals surface area contributed by atoms with Crippen molar-refractivity contribution in [3.8, 4) is 0 Å². The first-order valence-electron chi connectivity index (χ1n) is 7.02. The maximum atomic E-state index is 5.99. The molecule has 4 heteroatoms. The number of alkyl halides is 1. The van der Waals surface area contributed by atoms with Crippen LogP contribution in [-0.4, -0.2) is 30.3 Å². The molecular formula is C16H19ClN2O. The highest BCUT2D eigenvalue weighted by atomic mass is 35.5. The van der Waals surface area contributed by atoms with Gasteiger partial charge in [-0.2, -0.15) is 0 Å². The Hall–Kier alpha value is -1.32. The van der Waals surface area contributed by atoms with Crippen molar-refractivity contribution in [2.75, 3.05) is 18.0 Å². The van der Waals surface area contributed by atoms with Crippen LogP contribution in [0, 0.1) is 0 Å². The number of nitrogens with zero attached hydrogens (tertiary/aromatic N) is 2. The molecule has 0 bridgehead atoms. The Morgan fingerprint density at radius 1 is 1.25 bits per heavy atom. The van der Waals surface area contributed by atoms with Crippen molar-refractivity contribution in [1.82, 2.24) is 4.98 Å². The smallest absolute Gasteiger partial charge is 0.0726 e. The Morgan fingerprint density at radius 3 is 2.65 bits per heavy atom. The van der Waals surface area contributed by atoms with Crippen LogP contribution in [0.1, 0.15) is 19.5 Å². The van der Waals surface area contributed by atoms with Crippen molar-refractivity contribution in [2.24, 2.45) is 0 Å². The van der Waals surface area contributed by atoms with Gasteiger partial charge in [0, 0.05) is 24.2 Å². The lowest BCUT2D eigenvalue weighted by molar-refractivity contribution is -0.00513. The SMILES string of the molecule is C[C@@H]1CN(c2cc(CCl)nc3ccccc23)C[C@H](C)O1. The van der Waals surface area contributed by atoms with E-state index in [1.54, 1.807) is 0 Å². The van der Waals surface area contributed by atoms with E-state index in [4.69, 9.17) is 16.3 Å². The van der Waals surface area contributed by atoms with Gasteiger partial charge >= 0.3 is 0 Å². The minimum absolute atomic E-state index is 0.241. The Morgan fingerprint density at radius 2 is 1.95 bits per heavy atom. The molecule has 3 rings (SSSR count). The molecular weight excluding hydrogens is 272 g/mol. The van der Waals surface area contributed by atoms with Crippen LogP contribution >= 0.6 is 11.6 Å². The largest absolute Gasteiger partial charge is 0.372 e. The summed E-state index contributed by atoms with van der Waals surface area (Å²) in [6.45, 7) is 6.04. The van der Waals surface area contributed by atoms with E-state index in [2.05, 4.69) is 41.9 Å². The van der Waals surface area contributed by atoms with E-state index in [0.717, 1.165) is 24.3 Å². The predicted octanol–water partition coefficient (Wildman–Crippen LogP) is 3.59. The molecule has 20 heavy (non-hydrogen) atoms. The van der Waals surface area contributed by atoms with Gasteiger partial charge < -0.3 is 9.64 Å². The molecule has 0 amide bonds. The minimum atomic E-state index is 0.241. The molecule has 0 radical (unpaired) electrons. The number of para-hydroxylation sites is 1. The first-order valence-corrected chi connectivity index (χ1v) is 7.56. The second kappa shape index (κ2) is 5.58. The number of fused-ring (bicyclic) bond motifs is 1. The number of morpholine rings is 1. The number of pyridine rings is 1. The van der Waals surface area contributed by atoms with Crippen LogP contribution < -0.4 is 4.90 Å². The summed E-state index contributed by atoms with van der Waals surface area (Å²) < 4.78 is 5.82. The van der Waals surface area contributed by atoms with Gasteiger partial charge in [0.25, 0.3) is 0 Å². The molecule has 106 valence electrons. The number of ether oxygens (including phenoxy) is 1. The van der Waals surface area contributed by atoms with Gasteiger partial charge in [-0.3, -0.25) is 4.98 Å². The summed E-state index contributed by atoms with van der Waals surface area (Å²) >= 11 is 5.99. The highest BCUT2D eigenvalue weighted by molar-refractivity contribution is 6.17. The number of hydrogen-bond donors (Lipinski definition) is 0. The molecule has 0 N–H and O–H groups in total. The van der Waals surface area contributed by atoms with Crippen molar-refractivity contribution in [3.63, 3.8) is 0 Å². The molecule has 0 saturated carbocycles. The number of aromatic nitrogens is 1. The number of benzene rings is 1. The van der Waals surface area contributed by atoms with Crippen LogP contribution in [0.15, 0.2) is 30.3 Å². The lowest BCUT2D eigenvalue weighted by Crippen LogP contribution is -2.45. The van der Waals surface area contributed by atoms with Gasteiger partial charge in [-0.15, -0.1) is 11.6 Å². The van der Waals surface area contributed by atoms with E-state index in [1.165, 1.54) is 11.1 Å². The molecule has 1 fully saturated rings. The van der Waals surface area contributed by atoms with E-state index >= 15 is 0 Å². The van der Waals surface area contributed by atoms with E-state index in [0.29, 0.717) is 5.88 Å². The zero-order chi connectivity index (χ0) is 14.1. The molecule has 2 atom stereocenters. The molecule has 1 aromatic carbocycles. The summed E-state index contributed by atoms with van der Waals surface area (Å²) in [7, 11) is 0. The average Bonchev–Trinajstić information content (AvgIpc) is 2.45. The fourth-order valence-electron chi connectivity index (χ4n) is 2.91. The highest BCUT2D eigenvalue weighted by Crippen LogP contribution is 2.29. The topological polar surface area (TPSA) is 25.4 Å². The van der Waals surface area contributed by atoms with Crippen molar-refractivity contribution >= 4 is 28.2 Å². The van der Waals surface area contributed by atoms with Gasteiger partial charge in [0.2, 0.25) is 0 Å². The van der Waals surface area contributed by atoms with E-state index in [-0.39, 0.29) is 12.2 Å².